The number of ether oxygens (including phenoxy) is 2. The highest BCUT2D eigenvalue weighted by atomic mass is 16.6. The molecule has 0 heterocycles. The van der Waals surface area contributed by atoms with Gasteiger partial charge in [-0.15, -0.1) is 0 Å². The Morgan fingerprint density at radius 1 is 1.22 bits per heavy atom. The summed E-state index contributed by atoms with van der Waals surface area (Å²) in [4.78, 5) is 22.2. The molecule has 1 rings (SSSR count). The first-order chi connectivity index (χ1) is 8.25. The minimum Gasteiger partial charge on any atom is -0.493 e. The standard InChI is InChI=1S/C12H14O6/c1-12(2,16)11(15)18-8-5-4-7(10(13)14)6-9(8)17-3/h4-6,16H,1-3H3,(H,13,14). The van der Waals surface area contributed by atoms with E-state index in [1.165, 1.54) is 39.2 Å². The van der Waals surface area contributed by atoms with Crippen LogP contribution in [0.5, 0.6) is 11.5 Å². The van der Waals surface area contributed by atoms with E-state index in [0.29, 0.717) is 0 Å². The molecule has 0 aromatic heterocycles. The maximum atomic E-state index is 11.5. The third-order valence-electron chi connectivity index (χ3n) is 2.11. The van der Waals surface area contributed by atoms with Crippen LogP contribution in [0.4, 0.5) is 0 Å². The molecular formula is C12H14O6. The Kier molecular flexibility index (Phi) is 3.93. The lowest BCUT2D eigenvalue weighted by molar-refractivity contribution is -0.151. The van der Waals surface area contributed by atoms with Crippen LogP contribution < -0.4 is 9.47 Å². The van der Waals surface area contributed by atoms with Crippen LogP contribution in [0.15, 0.2) is 18.2 Å². The second kappa shape index (κ2) is 5.05. The van der Waals surface area contributed by atoms with Crippen LogP contribution in [-0.2, 0) is 4.79 Å². The second-order valence-electron chi connectivity index (χ2n) is 4.12. The fraction of sp³-hybridized carbons (Fsp3) is 0.333. The molecule has 0 atom stereocenters. The first-order valence-electron chi connectivity index (χ1n) is 5.11. The van der Waals surface area contributed by atoms with Crippen molar-refractivity contribution in [2.75, 3.05) is 7.11 Å². The van der Waals surface area contributed by atoms with E-state index in [1.807, 2.05) is 0 Å². The summed E-state index contributed by atoms with van der Waals surface area (Å²) < 4.78 is 9.86. The smallest absolute Gasteiger partial charge is 0.343 e. The number of esters is 1. The van der Waals surface area contributed by atoms with Crippen LogP contribution in [0.3, 0.4) is 0 Å². The van der Waals surface area contributed by atoms with Gasteiger partial charge in [0.05, 0.1) is 12.7 Å². The number of rotatable bonds is 4. The number of hydrogen-bond donors (Lipinski definition) is 2. The molecule has 6 heteroatoms. The Bertz CT molecular complexity index is 472. The van der Waals surface area contributed by atoms with Crippen LogP contribution in [-0.4, -0.2) is 34.9 Å². The Hall–Kier alpha value is -2.08. The summed E-state index contributed by atoms with van der Waals surface area (Å²) in [6, 6.07) is 3.80. The van der Waals surface area contributed by atoms with Gasteiger partial charge in [-0.05, 0) is 32.0 Å². The van der Waals surface area contributed by atoms with E-state index in [0.717, 1.165) is 0 Å². The van der Waals surface area contributed by atoms with E-state index in [9.17, 15) is 14.7 Å². The van der Waals surface area contributed by atoms with E-state index in [-0.39, 0.29) is 17.1 Å². The zero-order chi connectivity index (χ0) is 13.9. The number of aromatic carboxylic acids is 1. The molecule has 1 aromatic rings. The van der Waals surface area contributed by atoms with Crippen molar-refractivity contribution in [2.45, 2.75) is 19.4 Å². The predicted molar refractivity (Wildman–Crippen MR) is 61.9 cm³/mol. The van der Waals surface area contributed by atoms with Crippen molar-refractivity contribution in [1.29, 1.82) is 0 Å². The normalized spacial score (nSPS) is 10.9. The third kappa shape index (κ3) is 3.21. The van der Waals surface area contributed by atoms with Crippen LogP contribution in [0, 0.1) is 0 Å². The molecule has 0 radical (unpaired) electrons. The minimum atomic E-state index is -1.64. The summed E-state index contributed by atoms with van der Waals surface area (Å²) in [6.07, 6.45) is 0. The highest BCUT2D eigenvalue weighted by molar-refractivity contribution is 5.89. The van der Waals surface area contributed by atoms with Gasteiger partial charge in [0.25, 0.3) is 0 Å². The van der Waals surface area contributed by atoms with Gasteiger partial charge in [-0.3, -0.25) is 0 Å². The lowest BCUT2D eigenvalue weighted by Crippen LogP contribution is -2.35. The number of carbonyl (C=O) groups is 2. The average molecular weight is 254 g/mol. The van der Waals surface area contributed by atoms with E-state index in [1.54, 1.807) is 0 Å². The fourth-order valence-corrected chi connectivity index (χ4v) is 1.11. The van der Waals surface area contributed by atoms with Crippen LogP contribution in [0.1, 0.15) is 24.2 Å². The van der Waals surface area contributed by atoms with Crippen LogP contribution in [0.25, 0.3) is 0 Å². The SMILES string of the molecule is COc1cc(C(=O)O)ccc1OC(=O)C(C)(C)O. The Balaban J connectivity index is 3.04. The molecule has 0 fully saturated rings. The monoisotopic (exact) mass is 254 g/mol. The van der Waals surface area contributed by atoms with E-state index in [4.69, 9.17) is 14.6 Å². The van der Waals surface area contributed by atoms with Crippen molar-refractivity contribution in [3.8, 4) is 11.5 Å². The van der Waals surface area contributed by atoms with Crippen LogP contribution in [0.2, 0.25) is 0 Å². The quantitative estimate of drug-likeness (QED) is 0.616. The van der Waals surface area contributed by atoms with Crippen molar-refractivity contribution in [3.05, 3.63) is 23.8 Å². The Labute approximate surface area is 104 Å². The topological polar surface area (TPSA) is 93.1 Å². The predicted octanol–water partition coefficient (Wildman–Crippen LogP) is 1.07. The van der Waals surface area contributed by atoms with Crippen LogP contribution >= 0.6 is 0 Å². The van der Waals surface area contributed by atoms with E-state index in [2.05, 4.69) is 0 Å². The van der Waals surface area contributed by atoms with Crippen molar-refractivity contribution < 1.29 is 29.3 Å². The summed E-state index contributed by atoms with van der Waals surface area (Å²) in [7, 11) is 1.32. The molecule has 0 spiro atoms. The molecular weight excluding hydrogens is 240 g/mol. The molecule has 0 saturated heterocycles. The van der Waals surface area contributed by atoms with Gasteiger partial charge >= 0.3 is 11.9 Å². The third-order valence-corrected chi connectivity index (χ3v) is 2.11. The summed E-state index contributed by atoms with van der Waals surface area (Å²) >= 11 is 0. The minimum absolute atomic E-state index is 0.00917. The molecule has 1 aromatic carbocycles. The summed E-state index contributed by atoms with van der Waals surface area (Å²) in [5.74, 6) is -1.82. The van der Waals surface area contributed by atoms with E-state index < -0.39 is 17.5 Å². The van der Waals surface area contributed by atoms with Crippen molar-refractivity contribution >= 4 is 11.9 Å². The lowest BCUT2D eigenvalue weighted by atomic mass is 10.1. The molecule has 0 unspecified atom stereocenters. The molecule has 0 bridgehead atoms. The first-order valence-corrected chi connectivity index (χ1v) is 5.11. The molecule has 0 amide bonds. The van der Waals surface area contributed by atoms with Gasteiger partial charge in [0.15, 0.2) is 17.1 Å². The number of methoxy groups -OCH3 is 1. The van der Waals surface area contributed by atoms with Gasteiger partial charge in [0, 0.05) is 0 Å². The number of carbonyl (C=O) groups excluding carboxylic acids is 1. The molecule has 0 aliphatic heterocycles. The van der Waals surface area contributed by atoms with Crippen molar-refractivity contribution in [1.82, 2.24) is 0 Å². The maximum absolute atomic E-state index is 11.5. The van der Waals surface area contributed by atoms with Gasteiger partial charge in [-0.2, -0.15) is 0 Å². The van der Waals surface area contributed by atoms with Gasteiger partial charge in [0.2, 0.25) is 0 Å². The molecule has 6 nitrogen and oxygen atoms in total. The number of carboxylic acid groups (broad SMARTS) is 1. The van der Waals surface area contributed by atoms with E-state index >= 15 is 0 Å². The number of hydrogen-bond acceptors (Lipinski definition) is 5. The molecule has 98 valence electrons. The molecule has 0 aliphatic carbocycles. The second-order valence-corrected chi connectivity index (χ2v) is 4.12. The number of carboxylic acids is 1. The lowest BCUT2D eigenvalue weighted by Gasteiger charge is -2.16. The molecule has 18 heavy (non-hydrogen) atoms. The maximum Gasteiger partial charge on any atom is 0.343 e. The zero-order valence-corrected chi connectivity index (χ0v) is 10.3. The zero-order valence-electron chi connectivity index (χ0n) is 10.3. The average Bonchev–Trinajstić information content (AvgIpc) is 2.27. The first kappa shape index (κ1) is 14.0. The van der Waals surface area contributed by atoms with Gasteiger partial charge in [-0.1, -0.05) is 0 Å². The fourth-order valence-electron chi connectivity index (χ4n) is 1.11. The summed E-state index contributed by atoms with van der Waals surface area (Å²) in [5.41, 5.74) is -1.63. The molecule has 2 N–H and O–H groups in total. The molecule has 0 saturated carbocycles. The van der Waals surface area contributed by atoms with Gasteiger partial charge < -0.3 is 19.7 Å². The summed E-state index contributed by atoms with van der Waals surface area (Å²) in [6.45, 7) is 2.57. The van der Waals surface area contributed by atoms with Gasteiger partial charge in [0.1, 0.15) is 0 Å². The van der Waals surface area contributed by atoms with Gasteiger partial charge in [-0.25, -0.2) is 9.59 Å². The highest BCUT2D eigenvalue weighted by Crippen LogP contribution is 2.29. The number of benzene rings is 1. The largest absolute Gasteiger partial charge is 0.493 e. The highest BCUT2D eigenvalue weighted by Gasteiger charge is 2.27. The Morgan fingerprint density at radius 3 is 2.28 bits per heavy atom. The number of aliphatic hydroxyl groups is 1. The van der Waals surface area contributed by atoms with Crippen molar-refractivity contribution in [2.24, 2.45) is 0 Å². The molecule has 0 aliphatic rings. The summed E-state index contributed by atoms with van der Waals surface area (Å²) in [5, 5.41) is 18.2. The van der Waals surface area contributed by atoms with Crippen molar-refractivity contribution in [3.63, 3.8) is 0 Å². The Morgan fingerprint density at radius 2 is 1.83 bits per heavy atom.